The topological polar surface area (TPSA) is 72.7 Å². The zero-order valence-corrected chi connectivity index (χ0v) is 15.0. The second-order valence-corrected chi connectivity index (χ2v) is 6.65. The largest absolute Gasteiger partial charge is 0.324 e. The normalized spacial score (nSPS) is 11.9. The lowest BCUT2D eigenvalue weighted by molar-refractivity contribution is -0.119. The van der Waals surface area contributed by atoms with Gasteiger partial charge in [0.25, 0.3) is 0 Å². The highest BCUT2D eigenvalue weighted by Gasteiger charge is 2.21. The Morgan fingerprint density at radius 2 is 1.81 bits per heavy atom. The molecule has 0 saturated heterocycles. The molecule has 1 amide bonds. The van der Waals surface area contributed by atoms with Crippen molar-refractivity contribution in [1.29, 1.82) is 0 Å². The van der Waals surface area contributed by atoms with Crippen molar-refractivity contribution in [3.63, 3.8) is 0 Å². The van der Waals surface area contributed by atoms with Gasteiger partial charge in [-0.2, -0.15) is 11.8 Å². The molecule has 3 aromatic rings. The summed E-state index contributed by atoms with van der Waals surface area (Å²) >= 11 is 1.66. The number of anilines is 1. The average Bonchev–Trinajstić information content (AvgIpc) is 3.18. The first-order valence-corrected chi connectivity index (χ1v) is 9.45. The molecule has 6 nitrogen and oxygen atoms in total. The molecule has 0 unspecified atom stereocenters. The van der Waals surface area contributed by atoms with Crippen LogP contribution in [-0.4, -0.2) is 38.1 Å². The van der Waals surface area contributed by atoms with Gasteiger partial charge in [-0.05, 0) is 64.2 Å². The number of rotatable bonds is 7. The molecule has 0 aliphatic carbocycles. The molecular formula is C18H18FN5OS. The Kier molecular flexibility index (Phi) is 5.96. The molecular weight excluding hydrogens is 353 g/mol. The van der Waals surface area contributed by atoms with Crippen LogP contribution >= 0.6 is 11.8 Å². The second kappa shape index (κ2) is 8.57. The predicted molar refractivity (Wildman–Crippen MR) is 100 cm³/mol. The lowest BCUT2D eigenvalue weighted by Crippen LogP contribution is -2.27. The fourth-order valence-electron chi connectivity index (χ4n) is 2.54. The van der Waals surface area contributed by atoms with Gasteiger partial charge in [0.05, 0.1) is 0 Å². The molecule has 3 rings (SSSR count). The third kappa shape index (κ3) is 4.45. The van der Waals surface area contributed by atoms with E-state index in [2.05, 4.69) is 20.8 Å². The molecule has 134 valence electrons. The van der Waals surface area contributed by atoms with Crippen LogP contribution in [0.3, 0.4) is 0 Å². The van der Waals surface area contributed by atoms with Crippen LogP contribution in [0.1, 0.15) is 12.5 Å². The zero-order chi connectivity index (χ0) is 18.4. The first-order chi connectivity index (χ1) is 12.7. The summed E-state index contributed by atoms with van der Waals surface area (Å²) in [5.74, 6) is 0.388. The fourth-order valence-corrected chi connectivity index (χ4v) is 3.00. The van der Waals surface area contributed by atoms with Gasteiger partial charge in [-0.3, -0.25) is 4.79 Å². The van der Waals surface area contributed by atoms with Crippen LogP contribution in [0.4, 0.5) is 10.1 Å². The van der Waals surface area contributed by atoms with E-state index in [4.69, 9.17) is 0 Å². The van der Waals surface area contributed by atoms with Crippen molar-refractivity contribution >= 4 is 23.4 Å². The lowest BCUT2D eigenvalue weighted by Gasteiger charge is -2.16. The van der Waals surface area contributed by atoms with Crippen LogP contribution in [0, 0.1) is 5.82 Å². The number of aromatic nitrogens is 4. The highest BCUT2D eigenvalue weighted by molar-refractivity contribution is 7.98. The minimum Gasteiger partial charge on any atom is -0.324 e. The molecule has 1 N–H and O–H groups in total. The number of nitrogens with zero attached hydrogens (tertiary/aromatic N) is 4. The van der Waals surface area contributed by atoms with E-state index in [9.17, 15) is 9.18 Å². The van der Waals surface area contributed by atoms with Gasteiger partial charge in [0.1, 0.15) is 18.2 Å². The first kappa shape index (κ1) is 18.1. The summed E-state index contributed by atoms with van der Waals surface area (Å²) in [4.78, 5) is 12.6. The van der Waals surface area contributed by atoms with Crippen molar-refractivity contribution in [2.45, 2.75) is 12.5 Å². The Hall–Kier alpha value is -2.74. The molecule has 0 aliphatic heterocycles. The summed E-state index contributed by atoms with van der Waals surface area (Å²) < 4.78 is 14.5. The van der Waals surface area contributed by atoms with Crippen molar-refractivity contribution in [1.82, 2.24) is 20.2 Å². The molecule has 0 aliphatic rings. The summed E-state index contributed by atoms with van der Waals surface area (Å²) in [5, 5.41) is 14.0. The molecule has 1 aromatic heterocycles. The van der Waals surface area contributed by atoms with Gasteiger partial charge >= 0.3 is 0 Å². The Morgan fingerprint density at radius 1 is 1.15 bits per heavy atom. The molecule has 26 heavy (non-hydrogen) atoms. The van der Waals surface area contributed by atoms with Gasteiger partial charge in [0.2, 0.25) is 5.91 Å². The standard InChI is InChI=1S/C18H18FN5OS/c1-26-11-10-17(24-12-20-22-23-24)18(25)21-16-8-4-14(5-9-16)13-2-6-15(19)7-3-13/h2-9,12,17H,10-11H2,1H3,(H,21,25)/t17-/m1/s1. The number of thioether (sulfide) groups is 1. The summed E-state index contributed by atoms with van der Waals surface area (Å²) in [6.07, 6.45) is 4.07. The van der Waals surface area contributed by atoms with E-state index in [1.807, 2.05) is 30.5 Å². The molecule has 1 heterocycles. The van der Waals surface area contributed by atoms with Crippen molar-refractivity contribution < 1.29 is 9.18 Å². The lowest BCUT2D eigenvalue weighted by atomic mass is 10.1. The van der Waals surface area contributed by atoms with Crippen molar-refractivity contribution in [3.8, 4) is 11.1 Å². The Bertz CT molecular complexity index is 837. The Morgan fingerprint density at radius 3 is 2.38 bits per heavy atom. The highest BCUT2D eigenvalue weighted by Crippen LogP contribution is 2.23. The predicted octanol–water partition coefficient (Wildman–Crippen LogP) is 3.41. The maximum Gasteiger partial charge on any atom is 0.249 e. The molecule has 2 aromatic carbocycles. The van der Waals surface area contributed by atoms with Crippen LogP contribution in [0.25, 0.3) is 11.1 Å². The number of carbonyl (C=O) groups is 1. The summed E-state index contributed by atoms with van der Waals surface area (Å²) in [7, 11) is 0. The van der Waals surface area contributed by atoms with Gasteiger partial charge in [-0.15, -0.1) is 5.10 Å². The van der Waals surface area contributed by atoms with E-state index in [0.717, 1.165) is 16.9 Å². The van der Waals surface area contributed by atoms with Crippen LogP contribution in [0.15, 0.2) is 54.9 Å². The molecule has 0 fully saturated rings. The fraction of sp³-hybridized carbons (Fsp3) is 0.222. The smallest absolute Gasteiger partial charge is 0.249 e. The van der Waals surface area contributed by atoms with E-state index in [1.54, 1.807) is 23.9 Å². The van der Waals surface area contributed by atoms with Gasteiger partial charge in [-0.25, -0.2) is 9.07 Å². The summed E-state index contributed by atoms with van der Waals surface area (Å²) in [6.45, 7) is 0. The molecule has 0 bridgehead atoms. The molecule has 0 radical (unpaired) electrons. The SMILES string of the molecule is CSCC[C@H](C(=O)Nc1ccc(-c2ccc(F)cc2)cc1)n1cnnn1. The van der Waals surface area contributed by atoms with E-state index >= 15 is 0 Å². The van der Waals surface area contributed by atoms with Crippen LogP contribution in [0.5, 0.6) is 0 Å². The number of benzene rings is 2. The summed E-state index contributed by atoms with van der Waals surface area (Å²) in [5.41, 5.74) is 2.54. The monoisotopic (exact) mass is 371 g/mol. The molecule has 0 spiro atoms. The number of hydrogen-bond acceptors (Lipinski definition) is 5. The van der Waals surface area contributed by atoms with E-state index in [0.29, 0.717) is 12.1 Å². The van der Waals surface area contributed by atoms with Crippen LogP contribution in [-0.2, 0) is 4.79 Å². The second-order valence-electron chi connectivity index (χ2n) is 5.66. The number of carbonyl (C=O) groups excluding carboxylic acids is 1. The zero-order valence-electron chi connectivity index (χ0n) is 14.2. The molecule has 8 heteroatoms. The number of halogens is 1. The van der Waals surface area contributed by atoms with Gasteiger partial charge < -0.3 is 5.32 Å². The number of nitrogens with one attached hydrogen (secondary N) is 1. The quantitative estimate of drug-likeness (QED) is 0.689. The van der Waals surface area contributed by atoms with Crippen LogP contribution < -0.4 is 5.32 Å². The van der Waals surface area contributed by atoms with Crippen molar-refractivity contribution in [2.24, 2.45) is 0 Å². The minimum atomic E-state index is -0.464. The van der Waals surface area contributed by atoms with E-state index < -0.39 is 6.04 Å². The maximum atomic E-state index is 13.0. The van der Waals surface area contributed by atoms with Gasteiger partial charge in [0, 0.05) is 5.69 Å². The third-order valence-corrected chi connectivity index (χ3v) is 4.56. The number of tetrazole rings is 1. The van der Waals surface area contributed by atoms with Crippen molar-refractivity contribution in [3.05, 3.63) is 60.7 Å². The number of amides is 1. The third-order valence-electron chi connectivity index (χ3n) is 3.91. The summed E-state index contributed by atoms with van der Waals surface area (Å²) in [6, 6.07) is 13.2. The van der Waals surface area contributed by atoms with Gasteiger partial charge in [0.15, 0.2) is 0 Å². The maximum absolute atomic E-state index is 13.0. The van der Waals surface area contributed by atoms with Crippen molar-refractivity contribution in [2.75, 3.05) is 17.3 Å². The highest BCUT2D eigenvalue weighted by atomic mass is 32.2. The van der Waals surface area contributed by atoms with E-state index in [-0.39, 0.29) is 11.7 Å². The first-order valence-electron chi connectivity index (χ1n) is 8.05. The Labute approximate surface area is 154 Å². The van der Waals surface area contributed by atoms with Crippen LogP contribution in [0.2, 0.25) is 0 Å². The minimum absolute atomic E-state index is 0.166. The van der Waals surface area contributed by atoms with E-state index in [1.165, 1.54) is 23.1 Å². The van der Waals surface area contributed by atoms with Gasteiger partial charge in [-0.1, -0.05) is 24.3 Å². The molecule has 0 saturated carbocycles. The average molecular weight is 371 g/mol. The Balaban J connectivity index is 1.70. The molecule has 1 atom stereocenters. The number of hydrogen-bond donors (Lipinski definition) is 1.